The van der Waals surface area contributed by atoms with Crippen molar-refractivity contribution in [3.8, 4) is 0 Å². The van der Waals surface area contributed by atoms with Gasteiger partial charge in [-0.05, 0) is 71.8 Å². The summed E-state index contributed by atoms with van der Waals surface area (Å²) in [6.45, 7) is 10.2. The monoisotopic (exact) mass is 334 g/mol. The number of rotatable bonds is 0. The number of benzene rings is 1. The Labute approximate surface area is 154 Å². The summed E-state index contributed by atoms with van der Waals surface area (Å²) in [6.07, 6.45) is 9.99. The average Bonchev–Trinajstić information content (AvgIpc) is 2.97. The number of allylic oxidation sites excluding steroid dienone is 2. The summed E-state index contributed by atoms with van der Waals surface area (Å²) in [5, 5.41) is 0. The smallest absolute Gasteiger partial charge is 0.00884 e. The first kappa shape index (κ1) is 16.2. The van der Waals surface area contributed by atoms with E-state index in [1.165, 1.54) is 44.9 Å². The Balaban J connectivity index is 1.74. The number of fused-ring (bicyclic) bond motifs is 7. The third-order valence-corrected chi connectivity index (χ3v) is 9.13. The highest BCUT2D eigenvalue weighted by molar-refractivity contribution is 5.52. The zero-order chi connectivity index (χ0) is 17.4. The van der Waals surface area contributed by atoms with Gasteiger partial charge in [-0.15, -0.1) is 0 Å². The Morgan fingerprint density at radius 3 is 2.40 bits per heavy atom. The molecule has 0 heteroatoms. The molecule has 134 valence electrons. The van der Waals surface area contributed by atoms with Crippen LogP contribution in [0.4, 0.5) is 0 Å². The van der Waals surface area contributed by atoms with Crippen molar-refractivity contribution in [3.05, 3.63) is 46.5 Å². The molecule has 0 spiro atoms. The van der Waals surface area contributed by atoms with E-state index in [1.807, 2.05) is 11.1 Å². The van der Waals surface area contributed by atoms with Gasteiger partial charge in [0.05, 0.1) is 0 Å². The minimum Gasteiger partial charge on any atom is -0.0620 e. The van der Waals surface area contributed by atoms with Crippen LogP contribution in [0.1, 0.15) is 83.3 Å². The molecule has 0 N–H and O–H groups in total. The second-order valence-corrected chi connectivity index (χ2v) is 10.6. The van der Waals surface area contributed by atoms with Crippen molar-refractivity contribution < 1.29 is 0 Å². The van der Waals surface area contributed by atoms with E-state index in [4.69, 9.17) is 0 Å². The normalized spacial score (nSPS) is 37.8. The zero-order valence-electron chi connectivity index (χ0n) is 16.6. The predicted molar refractivity (Wildman–Crippen MR) is 106 cm³/mol. The summed E-state index contributed by atoms with van der Waals surface area (Å²) >= 11 is 0. The lowest BCUT2D eigenvalue weighted by atomic mass is 9.46. The zero-order valence-corrected chi connectivity index (χ0v) is 16.6. The Morgan fingerprint density at radius 2 is 1.60 bits per heavy atom. The van der Waals surface area contributed by atoms with Gasteiger partial charge in [0.15, 0.2) is 0 Å². The molecular weight excluding hydrogens is 300 g/mol. The molecule has 0 radical (unpaired) electrons. The molecular formula is C25H34. The van der Waals surface area contributed by atoms with Gasteiger partial charge in [0.1, 0.15) is 0 Å². The molecule has 2 saturated carbocycles. The van der Waals surface area contributed by atoms with Crippen LogP contribution in [0.25, 0.3) is 0 Å². The molecule has 1 aromatic rings. The molecule has 0 bridgehead atoms. The minimum absolute atomic E-state index is 0.341. The SMILES string of the molecule is CC1(C)CCC2C(=C3Cc4ccccc4C3C3CCCCC23)C1(C)C. The van der Waals surface area contributed by atoms with Crippen LogP contribution in [0.3, 0.4) is 0 Å². The van der Waals surface area contributed by atoms with Crippen LogP contribution >= 0.6 is 0 Å². The second-order valence-electron chi connectivity index (χ2n) is 10.6. The first-order chi connectivity index (χ1) is 11.9. The lowest BCUT2D eigenvalue weighted by Gasteiger charge is -2.58. The van der Waals surface area contributed by atoms with Gasteiger partial charge in [0.2, 0.25) is 0 Å². The average molecular weight is 335 g/mol. The highest BCUT2D eigenvalue weighted by Gasteiger charge is 2.55. The molecule has 0 heterocycles. The largest absolute Gasteiger partial charge is 0.0620 e. The first-order valence-corrected chi connectivity index (χ1v) is 10.7. The summed E-state index contributed by atoms with van der Waals surface area (Å²) in [6, 6.07) is 9.41. The summed E-state index contributed by atoms with van der Waals surface area (Å²) in [4.78, 5) is 0. The van der Waals surface area contributed by atoms with E-state index in [0.29, 0.717) is 10.8 Å². The maximum absolute atomic E-state index is 2.57. The number of hydrogen-bond donors (Lipinski definition) is 0. The van der Waals surface area contributed by atoms with Crippen LogP contribution in [0, 0.1) is 28.6 Å². The van der Waals surface area contributed by atoms with Crippen molar-refractivity contribution in [1.82, 2.24) is 0 Å². The third-order valence-electron chi connectivity index (χ3n) is 9.13. The highest BCUT2D eigenvalue weighted by atomic mass is 14.6. The molecule has 0 nitrogen and oxygen atoms in total. The van der Waals surface area contributed by atoms with Gasteiger partial charge >= 0.3 is 0 Å². The maximum atomic E-state index is 2.57. The van der Waals surface area contributed by atoms with Gasteiger partial charge in [-0.2, -0.15) is 0 Å². The van der Waals surface area contributed by atoms with Crippen LogP contribution in [-0.4, -0.2) is 0 Å². The topological polar surface area (TPSA) is 0 Å². The molecule has 4 atom stereocenters. The molecule has 4 unspecified atom stereocenters. The fourth-order valence-electron chi connectivity index (χ4n) is 7.22. The Kier molecular flexibility index (Phi) is 3.39. The summed E-state index contributed by atoms with van der Waals surface area (Å²) < 4.78 is 0. The summed E-state index contributed by atoms with van der Waals surface area (Å²) in [5.41, 5.74) is 7.87. The van der Waals surface area contributed by atoms with Crippen molar-refractivity contribution in [2.75, 3.05) is 0 Å². The Bertz CT molecular complexity index is 732. The summed E-state index contributed by atoms with van der Waals surface area (Å²) in [7, 11) is 0. The van der Waals surface area contributed by atoms with Gasteiger partial charge in [-0.1, -0.05) is 75.9 Å². The van der Waals surface area contributed by atoms with Gasteiger partial charge < -0.3 is 0 Å². The Morgan fingerprint density at radius 1 is 0.880 bits per heavy atom. The van der Waals surface area contributed by atoms with Crippen molar-refractivity contribution >= 4 is 0 Å². The Hall–Kier alpha value is -1.04. The quantitative estimate of drug-likeness (QED) is 0.452. The van der Waals surface area contributed by atoms with Crippen molar-refractivity contribution in [3.63, 3.8) is 0 Å². The minimum atomic E-state index is 0.341. The molecule has 25 heavy (non-hydrogen) atoms. The van der Waals surface area contributed by atoms with Crippen LogP contribution in [-0.2, 0) is 6.42 Å². The lowest BCUT2D eigenvalue weighted by Crippen LogP contribution is -2.48. The van der Waals surface area contributed by atoms with Gasteiger partial charge in [0, 0.05) is 5.92 Å². The molecule has 0 aliphatic heterocycles. The van der Waals surface area contributed by atoms with E-state index in [-0.39, 0.29) is 0 Å². The fraction of sp³-hybridized carbons (Fsp3) is 0.680. The van der Waals surface area contributed by atoms with Gasteiger partial charge in [-0.25, -0.2) is 0 Å². The first-order valence-electron chi connectivity index (χ1n) is 10.7. The number of hydrogen-bond acceptors (Lipinski definition) is 0. The molecule has 4 aliphatic rings. The van der Waals surface area contributed by atoms with Gasteiger partial charge in [-0.3, -0.25) is 0 Å². The van der Waals surface area contributed by atoms with E-state index in [0.717, 1.165) is 23.7 Å². The van der Waals surface area contributed by atoms with E-state index in [9.17, 15) is 0 Å². The van der Waals surface area contributed by atoms with E-state index in [1.54, 1.807) is 11.1 Å². The van der Waals surface area contributed by atoms with Crippen LogP contribution < -0.4 is 0 Å². The van der Waals surface area contributed by atoms with Crippen molar-refractivity contribution in [2.24, 2.45) is 28.6 Å². The third kappa shape index (κ3) is 2.06. The van der Waals surface area contributed by atoms with Gasteiger partial charge in [0.25, 0.3) is 0 Å². The second kappa shape index (κ2) is 5.24. The molecule has 0 saturated heterocycles. The molecule has 1 aromatic carbocycles. The lowest BCUT2D eigenvalue weighted by molar-refractivity contribution is 0.0266. The molecule has 4 aliphatic carbocycles. The molecule has 5 rings (SSSR count). The molecule has 0 aromatic heterocycles. The molecule has 0 amide bonds. The van der Waals surface area contributed by atoms with E-state index < -0.39 is 0 Å². The highest BCUT2D eigenvalue weighted by Crippen LogP contribution is 2.66. The summed E-state index contributed by atoms with van der Waals surface area (Å²) in [5.74, 6) is 3.52. The predicted octanol–water partition coefficient (Wildman–Crippen LogP) is 6.91. The standard InChI is InChI=1S/C25H34/c1-24(2)14-13-20-18-11-7-8-12-19(18)22-17-10-6-5-9-16(17)15-21(22)23(20)25(24,3)4/h5-6,9-10,18-20,22H,7-8,11-15H2,1-4H3. The van der Waals surface area contributed by atoms with E-state index in [2.05, 4.69) is 52.0 Å². The molecule has 2 fully saturated rings. The maximum Gasteiger partial charge on any atom is 0.00884 e. The van der Waals surface area contributed by atoms with Crippen LogP contribution in [0.5, 0.6) is 0 Å². The van der Waals surface area contributed by atoms with E-state index >= 15 is 0 Å². The fourth-order valence-corrected chi connectivity index (χ4v) is 7.22. The van der Waals surface area contributed by atoms with Crippen molar-refractivity contribution in [2.45, 2.75) is 78.6 Å². The van der Waals surface area contributed by atoms with Crippen LogP contribution in [0.15, 0.2) is 35.4 Å². The van der Waals surface area contributed by atoms with Crippen LogP contribution in [0.2, 0.25) is 0 Å². The van der Waals surface area contributed by atoms with Crippen molar-refractivity contribution in [1.29, 1.82) is 0 Å².